The smallest absolute Gasteiger partial charge is 0.344 e. The maximum atomic E-state index is 14.6. The van der Waals surface area contributed by atoms with Crippen molar-refractivity contribution in [3.8, 4) is 11.3 Å². The Bertz CT molecular complexity index is 951. The van der Waals surface area contributed by atoms with Crippen LogP contribution in [0.2, 0.25) is 0 Å². The summed E-state index contributed by atoms with van der Waals surface area (Å²) >= 11 is 0. The summed E-state index contributed by atoms with van der Waals surface area (Å²) in [5, 5.41) is 7.44. The van der Waals surface area contributed by atoms with E-state index in [0.717, 1.165) is 12.8 Å². The summed E-state index contributed by atoms with van der Waals surface area (Å²) in [7, 11) is 0. The van der Waals surface area contributed by atoms with Crippen molar-refractivity contribution >= 4 is 17.4 Å². The molecule has 1 fully saturated rings. The number of nitrogens with one attached hydrogen (secondary N) is 1. The normalized spacial score (nSPS) is 13.8. The molecule has 3 aromatic heterocycles. The fourth-order valence-electron chi connectivity index (χ4n) is 2.59. The number of anilines is 1. The molecule has 0 atom stereocenters. The number of halogens is 1. The molecule has 0 bridgehead atoms. The highest BCUT2D eigenvalue weighted by Crippen LogP contribution is 2.30. The minimum absolute atomic E-state index is 0.131. The molecular weight excluding hydrogens is 325 g/mol. The van der Waals surface area contributed by atoms with Crippen LogP contribution in [0.5, 0.6) is 0 Å². The van der Waals surface area contributed by atoms with Gasteiger partial charge >= 0.3 is 5.97 Å². The average Bonchev–Trinajstić information content (AvgIpc) is 3.32. The second-order valence-corrected chi connectivity index (χ2v) is 5.79. The summed E-state index contributed by atoms with van der Waals surface area (Å²) in [6.45, 7) is 1.91. The van der Waals surface area contributed by atoms with E-state index in [1.807, 2.05) is 0 Å². The van der Waals surface area contributed by atoms with Gasteiger partial charge in [0, 0.05) is 18.4 Å². The van der Waals surface area contributed by atoms with Crippen molar-refractivity contribution in [3.05, 3.63) is 42.1 Å². The summed E-state index contributed by atoms with van der Waals surface area (Å²) in [4.78, 5) is 20.5. The molecule has 8 heteroatoms. The van der Waals surface area contributed by atoms with Crippen LogP contribution in [0.4, 0.5) is 10.2 Å². The van der Waals surface area contributed by atoms with Gasteiger partial charge in [0.1, 0.15) is 17.1 Å². The van der Waals surface area contributed by atoms with E-state index in [4.69, 9.17) is 4.74 Å². The molecule has 0 amide bonds. The van der Waals surface area contributed by atoms with Crippen LogP contribution in [0.3, 0.4) is 0 Å². The minimum Gasteiger partial charge on any atom is -0.462 e. The number of fused-ring (bicyclic) bond motifs is 1. The zero-order valence-electron chi connectivity index (χ0n) is 13.6. The molecule has 1 N–H and O–H groups in total. The van der Waals surface area contributed by atoms with Gasteiger partial charge in [-0.05, 0) is 38.0 Å². The number of hydrogen-bond acceptors (Lipinski definition) is 6. The maximum Gasteiger partial charge on any atom is 0.344 e. The van der Waals surface area contributed by atoms with Gasteiger partial charge in [-0.1, -0.05) is 0 Å². The molecule has 7 nitrogen and oxygen atoms in total. The zero-order chi connectivity index (χ0) is 17.4. The van der Waals surface area contributed by atoms with E-state index in [2.05, 4.69) is 20.4 Å². The maximum absolute atomic E-state index is 14.6. The van der Waals surface area contributed by atoms with E-state index in [1.54, 1.807) is 37.5 Å². The Morgan fingerprint density at radius 2 is 2.28 bits per heavy atom. The van der Waals surface area contributed by atoms with E-state index in [0.29, 0.717) is 17.5 Å². The van der Waals surface area contributed by atoms with E-state index >= 15 is 0 Å². The van der Waals surface area contributed by atoms with Crippen molar-refractivity contribution in [2.75, 3.05) is 11.9 Å². The Morgan fingerprint density at radius 3 is 3.00 bits per heavy atom. The van der Waals surface area contributed by atoms with Gasteiger partial charge in [-0.2, -0.15) is 9.49 Å². The summed E-state index contributed by atoms with van der Waals surface area (Å²) in [6.07, 6.45) is 5.32. The number of aromatic nitrogens is 4. The highest BCUT2D eigenvalue weighted by molar-refractivity contribution is 6.02. The number of carbonyl (C=O) groups excluding carboxylic acids is 1. The third-order valence-corrected chi connectivity index (χ3v) is 3.91. The van der Waals surface area contributed by atoms with Crippen molar-refractivity contribution < 1.29 is 13.9 Å². The first-order chi connectivity index (χ1) is 12.2. The lowest BCUT2D eigenvalue weighted by atomic mass is 10.1. The number of pyridine rings is 1. The number of esters is 1. The number of nitrogens with zero attached hydrogens (tertiary/aromatic N) is 4. The predicted octanol–water partition coefficient (Wildman–Crippen LogP) is 2.68. The molecule has 0 unspecified atom stereocenters. The monoisotopic (exact) mass is 341 g/mol. The Balaban J connectivity index is 1.82. The molecule has 0 spiro atoms. The van der Waals surface area contributed by atoms with E-state index < -0.39 is 11.9 Å². The van der Waals surface area contributed by atoms with E-state index in [9.17, 15) is 9.18 Å². The SMILES string of the molecule is CCOC(=O)c1c(-c2ccc(NC3CC3)nc2F)nn2cccnc12. The summed E-state index contributed by atoms with van der Waals surface area (Å²) in [5.74, 6) is -0.811. The van der Waals surface area contributed by atoms with Gasteiger partial charge in [-0.15, -0.1) is 0 Å². The molecule has 1 aliphatic carbocycles. The van der Waals surface area contributed by atoms with Crippen LogP contribution < -0.4 is 5.32 Å². The Morgan fingerprint density at radius 1 is 1.44 bits per heavy atom. The van der Waals surface area contributed by atoms with Crippen LogP contribution in [0.1, 0.15) is 30.1 Å². The zero-order valence-corrected chi connectivity index (χ0v) is 13.6. The van der Waals surface area contributed by atoms with E-state index in [1.165, 1.54) is 4.52 Å². The molecule has 1 saturated carbocycles. The first kappa shape index (κ1) is 15.5. The highest BCUT2D eigenvalue weighted by atomic mass is 19.1. The third-order valence-electron chi connectivity index (χ3n) is 3.91. The van der Waals surface area contributed by atoms with Crippen molar-refractivity contribution in [2.45, 2.75) is 25.8 Å². The fraction of sp³-hybridized carbons (Fsp3) is 0.294. The second-order valence-electron chi connectivity index (χ2n) is 5.79. The summed E-state index contributed by atoms with van der Waals surface area (Å²) in [5.41, 5.74) is 0.747. The van der Waals surface area contributed by atoms with Gasteiger partial charge in [0.15, 0.2) is 5.65 Å². The van der Waals surface area contributed by atoms with Crippen LogP contribution in [0, 0.1) is 5.95 Å². The first-order valence-electron chi connectivity index (χ1n) is 8.11. The molecule has 0 radical (unpaired) electrons. The minimum atomic E-state index is -0.695. The van der Waals surface area contributed by atoms with Gasteiger partial charge in [-0.25, -0.2) is 19.3 Å². The molecule has 25 heavy (non-hydrogen) atoms. The lowest BCUT2D eigenvalue weighted by Crippen LogP contribution is -2.08. The second kappa shape index (κ2) is 6.12. The number of ether oxygens (including phenoxy) is 1. The molecule has 128 valence electrons. The molecule has 3 aromatic rings. The van der Waals surface area contributed by atoms with Crippen molar-refractivity contribution in [2.24, 2.45) is 0 Å². The van der Waals surface area contributed by atoms with Gasteiger partial charge < -0.3 is 10.1 Å². The third kappa shape index (κ3) is 2.90. The molecule has 0 saturated heterocycles. The molecule has 3 heterocycles. The lowest BCUT2D eigenvalue weighted by Gasteiger charge is -2.07. The molecular formula is C17H16FN5O2. The summed E-state index contributed by atoms with van der Waals surface area (Å²) in [6, 6.07) is 5.30. The number of carbonyl (C=O) groups is 1. The van der Waals surface area contributed by atoms with Gasteiger partial charge in [0.2, 0.25) is 5.95 Å². The average molecular weight is 341 g/mol. The van der Waals surface area contributed by atoms with Crippen molar-refractivity contribution in [1.29, 1.82) is 0 Å². The number of rotatable bonds is 5. The van der Waals surface area contributed by atoms with Gasteiger partial charge in [0.05, 0.1) is 12.2 Å². The molecule has 0 aromatic carbocycles. The van der Waals surface area contributed by atoms with E-state index in [-0.39, 0.29) is 23.4 Å². The molecule has 1 aliphatic rings. The standard InChI is InChI=1S/C17H16FN5O2/c1-2-25-17(24)13-14(22-23-9-3-8-19-16(13)23)11-6-7-12(21-15(11)18)20-10-4-5-10/h3,6-10H,2,4-5H2,1H3,(H,20,21). The predicted molar refractivity (Wildman–Crippen MR) is 88.8 cm³/mol. The molecule has 4 rings (SSSR count). The highest BCUT2D eigenvalue weighted by Gasteiger charge is 2.26. The van der Waals surface area contributed by atoms with Crippen molar-refractivity contribution in [1.82, 2.24) is 19.6 Å². The van der Waals surface area contributed by atoms with Gasteiger partial charge in [-0.3, -0.25) is 0 Å². The Hall–Kier alpha value is -3.03. The topological polar surface area (TPSA) is 81.4 Å². The Kier molecular flexibility index (Phi) is 3.79. The van der Waals surface area contributed by atoms with Crippen molar-refractivity contribution in [3.63, 3.8) is 0 Å². The van der Waals surface area contributed by atoms with Crippen LogP contribution >= 0.6 is 0 Å². The quantitative estimate of drug-likeness (QED) is 0.568. The largest absolute Gasteiger partial charge is 0.462 e. The Labute approximate surface area is 142 Å². The van der Waals surface area contributed by atoms with Crippen LogP contribution in [-0.4, -0.2) is 38.2 Å². The summed E-state index contributed by atoms with van der Waals surface area (Å²) < 4.78 is 21.1. The van der Waals surface area contributed by atoms with Crippen LogP contribution in [0.25, 0.3) is 16.9 Å². The fourth-order valence-corrected chi connectivity index (χ4v) is 2.59. The lowest BCUT2D eigenvalue weighted by molar-refractivity contribution is 0.0529. The van der Waals surface area contributed by atoms with Crippen LogP contribution in [0.15, 0.2) is 30.6 Å². The number of hydrogen-bond donors (Lipinski definition) is 1. The van der Waals surface area contributed by atoms with Crippen LogP contribution in [-0.2, 0) is 4.74 Å². The van der Waals surface area contributed by atoms with Gasteiger partial charge in [0.25, 0.3) is 0 Å². The first-order valence-corrected chi connectivity index (χ1v) is 8.11. The molecule has 0 aliphatic heterocycles.